The fourth-order valence-electron chi connectivity index (χ4n) is 3.69. The van der Waals surface area contributed by atoms with Gasteiger partial charge in [0.15, 0.2) is 5.82 Å². The Morgan fingerprint density at radius 1 is 1.03 bits per heavy atom. The number of nitrogens with zero attached hydrogens (tertiary/aromatic N) is 3. The highest BCUT2D eigenvalue weighted by atomic mass is 32.2. The third-order valence-electron chi connectivity index (χ3n) is 5.55. The SMILES string of the molecule is COc1ccc(OC)c(S(=O)(=O)N2CCC(c3noc(-c4ccc(C)cc4)n3)CC2)c1. The van der Waals surface area contributed by atoms with Gasteiger partial charge in [0, 0.05) is 30.6 Å². The number of benzene rings is 2. The molecule has 4 rings (SSSR count). The maximum Gasteiger partial charge on any atom is 0.257 e. The van der Waals surface area contributed by atoms with Gasteiger partial charge in [-0.2, -0.15) is 9.29 Å². The summed E-state index contributed by atoms with van der Waals surface area (Å²) in [6.07, 6.45) is 1.22. The first kappa shape index (κ1) is 21.3. The standard InChI is InChI=1S/C22H25N3O5S/c1-15-4-6-17(7-5-15)22-23-21(24-30-22)16-10-12-25(13-11-16)31(26,27)20-14-18(28-2)8-9-19(20)29-3/h4-9,14,16H,10-13H2,1-3H3. The van der Waals surface area contributed by atoms with E-state index in [9.17, 15) is 8.42 Å². The van der Waals surface area contributed by atoms with E-state index in [1.54, 1.807) is 12.1 Å². The van der Waals surface area contributed by atoms with Crippen LogP contribution in [-0.4, -0.2) is 50.2 Å². The molecule has 1 aliphatic rings. The van der Waals surface area contributed by atoms with Crippen LogP contribution in [0.3, 0.4) is 0 Å². The first-order valence-electron chi connectivity index (χ1n) is 10.0. The molecule has 31 heavy (non-hydrogen) atoms. The van der Waals surface area contributed by atoms with Gasteiger partial charge >= 0.3 is 0 Å². The second-order valence-corrected chi connectivity index (χ2v) is 9.43. The van der Waals surface area contributed by atoms with Crippen LogP contribution in [0.1, 0.15) is 30.1 Å². The van der Waals surface area contributed by atoms with Crippen molar-refractivity contribution >= 4 is 10.0 Å². The minimum absolute atomic E-state index is 0.0432. The summed E-state index contributed by atoms with van der Waals surface area (Å²) in [6.45, 7) is 2.75. The van der Waals surface area contributed by atoms with E-state index < -0.39 is 10.0 Å². The maximum absolute atomic E-state index is 13.2. The minimum atomic E-state index is -3.72. The molecule has 0 bridgehead atoms. The van der Waals surface area contributed by atoms with E-state index in [4.69, 9.17) is 14.0 Å². The van der Waals surface area contributed by atoms with Gasteiger partial charge in [-0.05, 0) is 44.0 Å². The lowest BCUT2D eigenvalue weighted by Crippen LogP contribution is -2.38. The monoisotopic (exact) mass is 443 g/mol. The summed E-state index contributed by atoms with van der Waals surface area (Å²) in [5.41, 5.74) is 2.03. The number of aryl methyl sites for hydroxylation is 1. The van der Waals surface area contributed by atoms with E-state index in [0.29, 0.717) is 49.1 Å². The summed E-state index contributed by atoms with van der Waals surface area (Å²) in [5, 5.41) is 4.14. The number of piperidine rings is 1. The maximum atomic E-state index is 13.2. The highest BCUT2D eigenvalue weighted by molar-refractivity contribution is 7.89. The summed E-state index contributed by atoms with van der Waals surface area (Å²) in [6, 6.07) is 12.7. The molecule has 0 aliphatic carbocycles. The molecule has 1 saturated heterocycles. The molecule has 9 heteroatoms. The average molecular weight is 444 g/mol. The molecule has 3 aromatic rings. The van der Waals surface area contributed by atoms with Gasteiger partial charge in [0.2, 0.25) is 10.0 Å². The Bertz CT molecular complexity index is 1150. The highest BCUT2D eigenvalue weighted by Gasteiger charge is 2.33. The summed E-state index contributed by atoms with van der Waals surface area (Å²) < 4.78 is 43.8. The zero-order valence-electron chi connectivity index (χ0n) is 17.7. The normalized spacial score (nSPS) is 15.7. The molecule has 1 aliphatic heterocycles. The van der Waals surface area contributed by atoms with Crippen LogP contribution < -0.4 is 9.47 Å². The molecular weight excluding hydrogens is 418 g/mol. The van der Waals surface area contributed by atoms with E-state index in [1.165, 1.54) is 24.6 Å². The van der Waals surface area contributed by atoms with Gasteiger partial charge < -0.3 is 14.0 Å². The van der Waals surface area contributed by atoms with Crippen molar-refractivity contribution in [3.05, 3.63) is 53.9 Å². The predicted molar refractivity (Wildman–Crippen MR) is 115 cm³/mol. The molecule has 164 valence electrons. The molecule has 0 atom stereocenters. The van der Waals surface area contributed by atoms with Crippen LogP contribution >= 0.6 is 0 Å². The molecule has 0 amide bonds. The molecule has 2 heterocycles. The van der Waals surface area contributed by atoms with Gasteiger partial charge in [-0.3, -0.25) is 0 Å². The van der Waals surface area contributed by atoms with Crippen LogP contribution in [-0.2, 0) is 10.0 Å². The Kier molecular flexibility index (Phi) is 5.97. The first-order valence-corrected chi connectivity index (χ1v) is 11.5. The number of aromatic nitrogens is 2. The number of hydrogen-bond acceptors (Lipinski definition) is 7. The zero-order chi connectivity index (χ0) is 22.0. The van der Waals surface area contributed by atoms with E-state index in [0.717, 1.165) is 11.1 Å². The van der Waals surface area contributed by atoms with Gasteiger partial charge in [-0.1, -0.05) is 22.9 Å². The summed E-state index contributed by atoms with van der Waals surface area (Å²) in [7, 11) is -0.768. The number of hydrogen-bond donors (Lipinski definition) is 0. The van der Waals surface area contributed by atoms with Gasteiger partial charge in [0.25, 0.3) is 5.89 Å². The van der Waals surface area contributed by atoms with Crippen molar-refractivity contribution in [2.75, 3.05) is 27.3 Å². The number of methoxy groups -OCH3 is 2. The molecule has 2 aromatic carbocycles. The molecule has 0 radical (unpaired) electrons. The molecule has 0 spiro atoms. The third-order valence-corrected chi connectivity index (χ3v) is 7.47. The smallest absolute Gasteiger partial charge is 0.257 e. The lowest BCUT2D eigenvalue weighted by atomic mass is 9.97. The summed E-state index contributed by atoms with van der Waals surface area (Å²) in [4.78, 5) is 4.65. The molecule has 0 saturated carbocycles. The van der Waals surface area contributed by atoms with Crippen molar-refractivity contribution in [1.29, 1.82) is 0 Å². The van der Waals surface area contributed by atoms with E-state index in [2.05, 4.69) is 10.1 Å². The Morgan fingerprint density at radius 3 is 2.39 bits per heavy atom. The molecule has 8 nitrogen and oxygen atoms in total. The summed E-state index contributed by atoms with van der Waals surface area (Å²) >= 11 is 0. The van der Waals surface area contributed by atoms with Gasteiger partial charge in [-0.15, -0.1) is 0 Å². The van der Waals surface area contributed by atoms with Crippen LogP contribution in [0.25, 0.3) is 11.5 Å². The second-order valence-electron chi connectivity index (χ2n) is 7.52. The molecule has 1 aromatic heterocycles. The van der Waals surface area contributed by atoms with Crippen molar-refractivity contribution < 1.29 is 22.4 Å². The van der Waals surface area contributed by atoms with Crippen molar-refractivity contribution in [2.24, 2.45) is 0 Å². The topological polar surface area (TPSA) is 94.8 Å². The van der Waals surface area contributed by atoms with Crippen LogP contribution in [0.15, 0.2) is 51.9 Å². The fourth-order valence-corrected chi connectivity index (χ4v) is 5.33. The zero-order valence-corrected chi connectivity index (χ0v) is 18.6. The quantitative estimate of drug-likeness (QED) is 0.574. The van der Waals surface area contributed by atoms with Crippen molar-refractivity contribution in [1.82, 2.24) is 14.4 Å². The van der Waals surface area contributed by atoms with Crippen molar-refractivity contribution in [2.45, 2.75) is 30.6 Å². The van der Waals surface area contributed by atoms with Crippen LogP contribution in [0, 0.1) is 6.92 Å². The van der Waals surface area contributed by atoms with E-state index >= 15 is 0 Å². The summed E-state index contributed by atoms with van der Waals surface area (Å²) in [5.74, 6) is 1.90. The molecule has 0 unspecified atom stereocenters. The largest absolute Gasteiger partial charge is 0.497 e. The lowest BCUT2D eigenvalue weighted by Gasteiger charge is -2.30. The van der Waals surface area contributed by atoms with Gasteiger partial charge in [0.05, 0.1) is 14.2 Å². The molecule has 0 N–H and O–H groups in total. The Balaban J connectivity index is 1.48. The van der Waals surface area contributed by atoms with Crippen molar-refractivity contribution in [3.8, 4) is 23.0 Å². The highest BCUT2D eigenvalue weighted by Crippen LogP contribution is 2.34. The lowest BCUT2D eigenvalue weighted by molar-refractivity contribution is 0.305. The number of sulfonamides is 1. The Morgan fingerprint density at radius 2 is 1.74 bits per heavy atom. The van der Waals surface area contributed by atoms with Gasteiger partial charge in [0.1, 0.15) is 16.4 Å². The number of rotatable bonds is 6. The van der Waals surface area contributed by atoms with Crippen LogP contribution in [0.2, 0.25) is 0 Å². The van der Waals surface area contributed by atoms with Crippen molar-refractivity contribution in [3.63, 3.8) is 0 Å². The number of ether oxygens (including phenoxy) is 2. The Labute approximate surface area is 181 Å². The van der Waals surface area contributed by atoms with Crippen LogP contribution in [0.5, 0.6) is 11.5 Å². The Hall–Kier alpha value is -2.91. The minimum Gasteiger partial charge on any atom is -0.497 e. The molecule has 1 fully saturated rings. The predicted octanol–water partition coefficient (Wildman–Crippen LogP) is 3.63. The third kappa shape index (κ3) is 4.28. The second kappa shape index (κ2) is 8.68. The van der Waals surface area contributed by atoms with Crippen LogP contribution in [0.4, 0.5) is 0 Å². The van der Waals surface area contributed by atoms with E-state index in [1.807, 2.05) is 31.2 Å². The van der Waals surface area contributed by atoms with Gasteiger partial charge in [-0.25, -0.2) is 8.42 Å². The van der Waals surface area contributed by atoms with E-state index in [-0.39, 0.29) is 10.8 Å². The fraction of sp³-hybridized carbons (Fsp3) is 0.364. The molecular formula is C22H25N3O5S. The average Bonchev–Trinajstić information content (AvgIpc) is 3.29. The first-order chi connectivity index (χ1) is 14.9.